The van der Waals surface area contributed by atoms with Crippen molar-refractivity contribution >= 4 is 23.4 Å². The number of anilines is 3. The maximum absolute atomic E-state index is 12.5. The van der Waals surface area contributed by atoms with E-state index in [2.05, 4.69) is 25.6 Å². The molecule has 0 aliphatic heterocycles. The molecule has 2 heterocycles. The standard InChI is InChI=1S/C19H18N6O/c20-13-5-3-4-12(10-13)18(26)24-17-11-16(15-6-1-2-9-21-15)23-19(25-17)22-14-7-8-14/h1-6,9-11,14H,7-8,20H2,(H2,22,23,24,25,26). The Labute approximate surface area is 150 Å². The van der Waals surface area contributed by atoms with Gasteiger partial charge in [0.2, 0.25) is 5.95 Å². The van der Waals surface area contributed by atoms with Gasteiger partial charge in [-0.15, -0.1) is 0 Å². The van der Waals surface area contributed by atoms with Gasteiger partial charge in [-0.25, -0.2) is 4.98 Å². The molecule has 0 radical (unpaired) electrons. The number of carbonyl (C=O) groups is 1. The van der Waals surface area contributed by atoms with E-state index in [4.69, 9.17) is 5.73 Å². The molecule has 4 rings (SSSR count). The monoisotopic (exact) mass is 346 g/mol. The smallest absolute Gasteiger partial charge is 0.256 e. The van der Waals surface area contributed by atoms with E-state index in [0.717, 1.165) is 12.8 Å². The molecule has 1 aliphatic carbocycles. The fourth-order valence-corrected chi connectivity index (χ4v) is 2.50. The van der Waals surface area contributed by atoms with Crippen LogP contribution in [0.2, 0.25) is 0 Å². The number of nitrogens with one attached hydrogen (secondary N) is 2. The van der Waals surface area contributed by atoms with Gasteiger partial charge in [-0.1, -0.05) is 12.1 Å². The van der Waals surface area contributed by atoms with Crippen molar-refractivity contribution in [1.29, 1.82) is 0 Å². The first-order valence-electron chi connectivity index (χ1n) is 8.41. The average Bonchev–Trinajstić information content (AvgIpc) is 3.46. The van der Waals surface area contributed by atoms with E-state index < -0.39 is 0 Å². The van der Waals surface area contributed by atoms with Crippen LogP contribution in [-0.4, -0.2) is 26.9 Å². The van der Waals surface area contributed by atoms with Gasteiger partial charge in [0.25, 0.3) is 5.91 Å². The van der Waals surface area contributed by atoms with Gasteiger partial charge in [0.1, 0.15) is 5.82 Å². The third-order valence-electron chi connectivity index (χ3n) is 3.95. The highest BCUT2D eigenvalue weighted by Crippen LogP contribution is 2.26. The summed E-state index contributed by atoms with van der Waals surface area (Å²) in [7, 11) is 0. The first kappa shape index (κ1) is 16.0. The van der Waals surface area contributed by atoms with E-state index in [1.54, 1.807) is 36.5 Å². The van der Waals surface area contributed by atoms with Crippen LogP contribution in [0, 0.1) is 0 Å². The van der Waals surface area contributed by atoms with E-state index in [1.165, 1.54) is 0 Å². The molecular formula is C19H18N6O. The van der Waals surface area contributed by atoms with Crippen LogP contribution in [-0.2, 0) is 0 Å². The molecule has 7 nitrogen and oxygen atoms in total. The van der Waals surface area contributed by atoms with Crippen LogP contribution in [0.4, 0.5) is 17.5 Å². The van der Waals surface area contributed by atoms with Gasteiger partial charge >= 0.3 is 0 Å². The number of nitrogen functional groups attached to an aromatic ring is 1. The number of carbonyl (C=O) groups excluding carboxylic acids is 1. The number of nitrogens with zero attached hydrogens (tertiary/aromatic N) is 3. The van der Waals surface area contributed by atoms with Crippen LogP contribution in [0.1, 0.15) is 23.2 Å². The van der Waals surface area contributed by atoms with Gasteiger partial charge in [-0.2, -0.15) is 4.98 Å². The minimum Gasteiger partial charge on any atom is -0.399 e. The second-order valence-electron chi connectivity index (χ2n) is 6.18. The molecule has 2 aromatic heterocycles. The largest absolute Gasteiger partial charge is 0.399 e. The molecule has 0 bridgehead atoms. The van der Waals surface area contributed by atoms with Gasteiger partial charge in [0.15, 0.2) is 0 Å². The van der Waals surface area contributed by atoms with E-state index in [9.17, 15) is 4.79 Å². The Balaban J connectivity index is 1.64. The summed E-state index contributed by atoms with van der Waals surface area (Å²) in [5.41, 5.74) is 8.12. The average molecular weight is 346 g/mol. The lowest BCUT2D eigenvalue weighted by Gasteiger charge is -2.10. The molecule has 0 unspecified atom stereocenters. The predicted octanol–water partition coefficient (Wildman–Crippen LogP) is 2.95. The molecule has 7 heteroatoms. The zero-order valence-corrected chi connectivity index (χ0v) is 14.0. The Hall–Kier alpha value is -3.48. The first-order valence-corrected chi connectivity index (χ1v) is 8.41. The molecular weight excluding hydrogens is 328 g/mol. The predicted molar refractivity (Wildman–Crippen MR) is 101 cm³/mol. The number of rotatable bonds is 5. The summed E-state index contributed by atoms with van der Waals surface area (Å²) in [5, 5.41) is 6.08. The molecule has 26 heavy (non-hydrogen) atoms. The summed E-state index contributed by atoms with van der Waals surface area (Å²) in [5.74, 6) is 0.620. The lowest BCUT2D eigenvalue weighted by atomic mass is 10.2. The highest BCUT2D eigenvalue weighted by atomic mass is 16.1. The van der Waals surface area contributed by atoms with Crippen LogP contribution in [0.3, 0.4) is 0 Å². The molecule has 3 aromatic rings. The lowest BCUT2D eigenvalue weighted by molar-refractivity contribution is 0.102. The maximum Gasteiger partial charge on any atom is 0.256 e. The quantitative estimate of drug-likeness (QED) is 0.613. The zero-order valence-electron chi connectivity index (χ0n) is 14.0. The van der Waals surface area contributed by atoms with Crippen molar-refractivity contribution in [3.05, 3.63) is 60.3 Å². The summed E-state index contributed by atoms with van der Waals surface area (Å²) in [6.45, 7) is 0. The van der Waals surface area contributed by atoms with Crippen LogP contribution in [0.5, 0.6) is 0 Å². The first-order chi connectivity index (χ1) is 12.7. The Bertz CT molecular complexity index is 940. The van der Waals surface area contributed by atoms with Crippen molar-refractivity contribution in [3.63, 3.8) is 0 Å². The molecule has 1 saturated carbocycles. The summed E-state index contributed by atoms with van der Waals surface area (Å²) in [4.78, 5) is 25.8. The minimum atomic E-state index is -0.277. The van der Waals surface area contributed by atoms with Crippen molar-refractivity contribution in [2.24, 2.45) is 0 Å². The van der Waals surface area contributed by atoms with Crippen LogP contribution in [0.25, 0.3) is 11.4 Å². The van der Waals surface area contributed by atoms with Crippen LogP contribution < -0.4 is 16.4 Å². The summed E-state index contributed by atoms with van der Waals surface area (Å²) in [6, 6.07) is 14.5. The van der Waals surface area contributed by atoms with Crippen molar-refractivity contribution in [2.75, 3.05) is 16.4 Å². The normalized spacial score (nSPS) is 13.2. The number of amides is 1. The summed E-state index contributed by atoms with van der Waals surface area (Å²) in [6.07, 6.45) is 3.90. The summed E-state index contributed by atoms with van der Waals surface area (Å²) >= 11 is 0. The topological polar surface area (TPSA) is 106 Å². The van der Waals surface area contributed by atoms with E-state index in [1.807, 2.05) is 18.2 Å². The lowest BCUT2D eigenvalue weighted by Crippen LogP contribution is -2.15. The number of hydrogen-bond donors (Lipinski definition) is 3. The van der Waals surface area contributed by atoms with Gasteiger partial charge in [0, 0.05) is 29.6 Å². The molecule has 1 aliphatic rings. The highest BCUT2D eigenvalue weighted by molar-refractivity contribution is 6.04. The Morgan fingerprint density at radius 1 is 1.04 bits per heavy atom. The van der Waals surface area contributed by atoms with Gasteiger partial charge in [-0.3, -0.25) is 9.78 Å². The second kappa shape index (κ2) is 6.79. The van der Waals surface area contributed by atoms with Crippen molar-refractivity contribution < 1.29 is 4.79 Å². The minimum absolute atomic E-state index is 0.277. The molecule has 4 N–H and O–H groups in total. The number of nitrogens with two attached hydrogens (primary N) is 1. The fraction of sp³-hybridized carbons (Fsp3) is 0.158. The van der Waals surface area contributed by atoms with Crippen molar-refractivity contribution in [3.8, 4) is 11.4 Å². The summed E-state index contributed by atoms with van der Waals surface area (Å²) < 4.78 is 0. The third kappa shape index (κ3) is 3.77. The number of benzene rings is 1. The molecule has 1 fully saturated rings. The van der Waals surface area contributed by atoms with Crippen LogP contribution in [0.15, 0.2) is 54.7 Å². The second-order valence-corrected chi connectivity index (χ2v) is 6.18. The fourth-order valence-electron chi connectivity index (χ4n) is 2.50. The molecule has 130 valence electrons. The Kier molecular flexibility index (Phi) is 4.18. The van der Waals surface area contributed by atoms with Gasteiger partial charge in [-0.05, 0) is 43.2 Å². The Morgan fingerprint density at radius 2 is 1.92 bits per heavy atom. The SMILES string of the molecule is Nc1cccc(C(=O)Nc2cc(-c3ccccn3)nc(NC3CC3)n2)c1. The number of hydrogen-bond acceptors (Lipinski definition) is 6. The third-order valence-corrected chi connectivity index (χ3v) is 3.95. The molecule has 0 saturated heterocycles. The zero-order chi connectivity index (χ0) is 17.9. The van der Waals surface area contributed by atoms with Crippen LogP contribution >= 0.6 is 0 Å². The van der Waals surface area contributed by atoms with Crippen molar-refractivity contribution in [1.82, 2.24) is 15.0 Å². The van der Waals surface area contributed by atoms with Gasteiger partial charge < -0.3 is 16.4 Å². The maximum atomic E-state index is 12.5. The van der Waals surface area contributed by atoms with Crippen molar-refractivity contribution in [2.45, 2.75) is 18.9 Å². The Morgan fingerprint density at radius 3 is 2.65 bits per heavy atom. The number of pyridine rings is 1. The molecule has 1 aromatic carbocycles. The van der Waals surface area contributed by atoms with Gasteiger partial charge in [0.05, 0.1) is 11.4 Å². The highest BCUT2D eigenvalue weighted by Gasteiger charge is 2.22. The molecule has 1 amide bonds. The number of aromatic nitrogens is 3. The van der Waals surface area contributed by atoms with E-state index >= 15 is 0 Å². The molecule has 0 atom stereocenters. The van der Waals surface area contributed by atoms with E-state index in [0.29, 0.717) is 40.4 Å². The van der Waals surface area contributed by atoms with E-state index in [-0.39, 0.29) is 5.91 Å². The molecule has 0 spiro atoms.